The number of halogens is 1. The minimum Gasteiger partial charge on any atom is -0.323 e. The van der Waals surface area contributed by atoms with Crippen LogP contribution in [0.5, 0.6) is 0 Å². The molecule has 5 nitrogen and oxygen atoms in total. The Labute approximate surface area is 175 Å². The van der Waals surface area contributed by atoms with Crippen LogP contribution in [0.4, 0.5) is 10.5 Å². The second kappa shape index (κ2) is 9.47. The van der Waals surface area contributed by atoms with Gasteiger partial charge in [0.2, 0.25) is 0 Å². The molecule has 2 aliphatic rings. The van der Waals surface area contributed by atoms with Gasteiger partial charge in [-0.3, -0.25) is 4.90 Å². The van der Waals surface area contributed by atoms with Gasteiger partial charge in [-0.15, -0.1) is 0 Å². The van der Waals surface area contributed by atoms with E-state index in [1.54, 1.807) is 0 Å². The highest BCUT2D eigenvalue weighted by atomic mass is 35.5. The molecule has 1 heterocycles. The van der Waals surface area contributed by atoms with E-state index in [1.807, 2.05) is 37.1 Å². The lowest BCUT2D eigenvalue weighted by molar-refractivity contribution is 0.0443. The highest BCUT2D eigenvalue weighted by Gasteiger charge is 2.36. The molecule has 1 saturated carbocycles. The Morgan fingerprint density at radius 1 is 1.11 bits per heavy atom. The van der Waals surface area contributed by atoms with E-state index in [9.17, 15) is 4.79 Å². The van der Waals surface area contributed by atoms with E-state index in [0.717, 1.165) is 30.8 Å². The van der Waals surface area contributed by atoms with Gasteiger partial charge < -0.3 is 15.1 Å². The van der Waals surface area contributed by atoms with Crippen molar-refractivity contribution >= 4 is 23.3 Å². The zero-order valence-electron chi connectivity index (χ0n) is 17.7. The summed E-state index contributed by atoms with van der Waals surface area (Å²) >= 11 is 6.11. The van der Waals surface area contributed by atoms with E-state index in [-0.39, 0.29) is 12.1 Å². The average Bonchev–Trinajstić information content (AvgIpc) is 2.70. The number of carbonyl (C=O) groups excluding carboxylic acids is 1. The van der Waals surface area contributed by atoms with Crippen LogP contribution in [0.1, 0.15) is 44.1 Å². The minimum absolute atomic E-state index is 0.0426. The predicted octanol–water partition coefficient (Wildman–Crippen LogP) is 4.45. The van der Waals surface area contributed by atoms with Crippen molar-refractivity contribution in [2.75, 3.05) is 39.5 Å². The molecule has 1 saturated heterocycles. The summed E-state index contributed by atoms with van der Waals surface area (Å²) in [4.78, 5) is 19.9. The van der Waals surface area contributed by atoms with Crippen LogP contribution in [0.3, 0.4) is 0 Å². The molecular weight excluding hydrogens is 372 g/mol. The van der Waals surface area contributed by atoms with Gasteiger partial charge in [-0.1, -0.05) is 30.5 Å². The Morgan fingerprint density at radius 3 is 2.43 bits per heavy atom. The first-order valence-corrected chi connectivity index (χ1v) is 10.9. The maximum atomic E-state index is 13.0. The van der Waals surface area contributed by atoms with Crippen LogP contribution >= 0.6 is 11.6 Å². The van der Waals surface area contributed by atoms with Crippen molar-refractivity contribution in [1.82, 2.24) is 14.7 Å². The predicted molar refractivity (Wildman–Crippen MR) is 117 cm³/mol. The van der Waals surface area contributed by atoms with E-state index in [0.29, 0.717) is 17.1 Å². The lowest BCUT2D eigenvalue weighted by Crippen LogP contribution is -2.57. The van der Waals surface area contributed by atoms with Crippen molar-refractivity contribution in [3.63, 3.8) is 0 Å². The number of likely N-dealkylation sites (tertiary alicyclic amines) is 1. The van der Waals surface area contributed by atoms with Gasteiger partial charge in [-0.25, -0.2) is 4.79 Å². The van der Waals surface area contributed by atoms with E-state index in [2.05, 4.69) is 29.2 Å². The number of hydrogen-bond donors (Lipinski definition) is 1. The van der Waals surface area contributed by atoms with E-state index >= 15 is 0 Å². The summed E-state index contributed by atoms with van der Waals surface area (Å²) in [5.74, 6) is 0. The number of benzene rings is 1. The third-order valence-electron chi connectivity index (χ3n) is 6.74. The first-order valence-electron chi connectivity index (χ1n) is 10.6. The Kier molecular flexibility index (Phi) is 7.24. The van der Waals surface area contributed by atoms with Crippen LogP contribution in [0, 0.1) is 6.92 Å². The number of carbonyl (C=O) groups is 1. The molecule has 6 heteroatoms. The fourth-order valence-electron chi connectivity index (χ4n) is 4.77. The van der Waals surface area contributed by atoms with Crippen molar-refractivity contribution in [3.8, 4) is 0 Å². The molecule has 0 spiro atoms. The molecule has 3 rings (SSSR count). The number of nitrogens with one attached hydrogen (secondary N) is 1. The number of nitrogens with zero attached hydrogens (tertiary/aromatic N) is 3. The third-order valence-corrected chi connectivity index (χ3v) is 6.98. The molecule has 0 unspecified atom stereocenters. The van der Waals surface area contributed by atoms with Crippen LogP contribution < -0.4 is 5.32 Å². The summed E-state index contributed by atoms with van der Waals surface area (Å²) in [5, 5.41) is 3.71. The lowest BCUT2D eigenvalue weighted by Gasteiger charge is -2.46. The Hall–Kier alpha value is -1.30. The third kappa shape index (κ3) is 5.00. The number of hydrogen-bond acceptors (Lipinski definition) is 3. The van der Waals surface area contributed by atoms with Crippen LogP contribution in [0.15, 0.2) is 18.2 Å². The van der Waals surface area contributed by atoms with Gasteiger partial charge >= 0.3 is 6.03 Å². The number of likely N-dealkylation sites (N-methyl/N-ethyl adjacent to an activating group) is 2. The molecule has 0 bridgehead atoms. The molecule has 28 heavy (non-hydrogen) atoms. The number of amides is 2. The molecule has 0 radical (unpaired) electrons. The van der Waals surface area contributed by atoms with Gasteiger partial charge in [0.25, 0.3) is 0 Å². The molecule has 1 aromatic carbocycles. The van der Waals surface area contributed by atoms with Gasteiger partial charge in [0, 0.05) is 35.9 Å². The summed E-state index contributed by atoms with van der Waals surface area (Å²) in [6, 6.07) is 6.87. The Bertz CT molecular complexity index is 675. The molecule has 156 valence electrons. The van der Waals surface area contributed by atoms with Gasteiger partial charge in [-0.2, -0.15) is 0 Å². The summed E-state index contributed by atoms with van der Waals surface area (Å²) in [6.07, 6.45) is 7.11. The van der Waals surface area contributed by atoms with Crippen molar-refractivity contribution in [3.05, 3.63) is 28.8 Å². The Morgan fingerprint density at radius 2 is 1.75 bits per heavy atom. The number of urea groups is 1. The lowest BCUT2D eigenvalue weighted by atomic mass is 9.87. The van der Waals surface area contributed by atoms with E-state index in [1.165, 1.54) is 32.1 Å². The minimum atomic E-state index is -0.0426. The van der Waals surface area contributed by atoms with Crippen LogP contribution in [0.25, 0.3) is 0 Å². The van der Waals surface area contributed by atoms with Crippen molar-refractivity contribution in [2.45, 2.75) is 63.6 Å². The van der Waals surface area contributed by atoms with Gasteiger partial charge in [-0.05, 0) is 77.5 Å². The zero-order chi connectivity index (χ0) is 20.3. The molecule has 1 N–H and O–H groups in total. The SMILES string of the molecule is Cc1ccc(Cl)cc1NC(=O)N(C)[C@@H]1CCCC[C@@H]1N(C)C1CCN(C)CC1. The molecule has 2 fully saturated rings. The summed E-state index contributed by atoms with van der Waals surface area (Å²) in [7, 11) is 6.42. The molecule has 1 aliphatic heterocycles. The second-order valence-corrected chi connectivity index (χ2v) is 9.06. The fourth-order valence-corrected chi connectivity index (χ4v) is 4.95. The second-order valence-electron chi connectivity index (χ2n) is 8.62. The van der Waals surface area contributed by atoms with Crippen LogP contribution in [-0.4, -0.2) is 73.1 Å². The standard InChI is InChI=1S/C22H35ClN4O/c1-16-9-10-17(23)15-19(16)24-22(28)27(4)21-8-6-5-7-20(21)26(3)18-11-13-25(2)14-12-18/h9-10,15,18,20-21H,5-8,11-14H2,1-4H3,(H,24,28)/t20-,21+/m0/s1. The number of rotatable bonds is 4. The summed E-state index contributed by atoms with van der Waals surface area (Å²) in [5.41, 5.74) is 1.81. The zero-order valence-corrected chi connectivity index (χ0v) is 18.5. The van der Waals surface area contributed by atoms with Gasteiger partial charge in [0.15, 0.2) is 0 Å². The number of piperidine rings is 1. The first kappa shape index (κ1) is 21.4. The quantitative estimate of drug-likeness (QED) is 0.802. The Balaban J connectivity index is 1.68. The van der Waals surface area contributed by atoms with Gasteiger partial charge in [0.1, 0.15) is 0 Å². The largest absolute Gasteiger partial charge is 0.323 e. The smallest absolute Gasteiger partial charge is 0.321 e. The van der Waals surface area contributed by atoms with Crippen molar-refractivity contribution < 1.29 is 4.79 Å². The molecule has 2 atom stereocenters. The van der Waals surface area contributed by atoms with Crippen molar-refractivity contribution in [1.29, 1.82) is 0 Å². The summed E-state index contributed by atoms with van der Waals surface area (Å²) < 4.78 is 0. The van der Waals surface area contributed by atoms with E-state index in [4.69, 9.17) is 11.6 Å². The number of anilines is 1. The topological polar surface area (TPSA) is 38.8 Å². The molecule has 0 aromatic heterocycles. The maximum Gasteiger partial charge on any atom is 0.321 e. The fraction of sp³-hybridized carbons (Fsp3) is 0.682. The van der Waals surface area contributed by atoms with Crippen LogP contribution in [-0.2, 0) is 0 Å². The highest BCUT2D eigenvalue weighted by Crippen LogP contribution is 2.30. The molecule has 1 aromatic rings. The average molecular weight is 407 g/mol. The van der Waals surface area contributed by atoms with Gasteiger partial charge in [0.05, 0.1) is 0 Å². The number of aryl methyl sites for hydroxylation is 1. The normalized spacial score (nSPS) is 24.4. The maximum absolute atomic E-state index is 13.0. The molecule has 2 amide bonds. The first-order chi connectivity index (χ1) is 13.4. The van der Waals surface area contributed by atoms with Crippen molar-refractivity contribution in [2.24, 2.45) is 0 Å². The summed E-state index contributed by atoms with van der Waals surface area (Å²) in [6.45, 7) is 4.32. The molecule has 1 aliphatic carbocycles. The highest BCUT2D eigenvalue weighted by molar-refractivity contribution is 6.31. The van der Waals surface area contributed by atoms with Crippen LogP contribution in [0.2, 0.25) is 5.02 Å². The monoisotopic (exact) mass is 406 g/mol. The van der Waals surface area contributed by atoms with E-state index < -0.39 is 0 Å². The molecular formula is C22H35ClN4O.